The summed E-state index contributed by atoms with van der Waals surface area (Å²) in [6.07, 6.45) is 6.20. The Kier molecular flexibility index (Phi) is 14.0. The zero-order chi connectivity index (χ0) is 35.0. The number of nitrogens with one attached hydrogen (secondary N) is 2. The maximum Gasteiger partial charge on any atom is 0.343 e. The molecule has 0 unspecified atom stereocenters. The molecule has 0 aliphatic heterocycles. The Labute approximate surface area is 288 Å². The van der Waals surface area contributed by atoms with E-state index in [9.17, 15) is 19.2 Å². The number of hydrogen-bond donors (Lipinski definition) is 2. The summed E-state index contributed by atoms with van der Waals surface area (Å²) in [5.74, 6) is 0.381. The van der Waals surface area contributed by atoms with Gasteiger partial charge in [0.05, 0.1) is 31.7 Å². The first-order chi connectivity index (χ1) is 23.7. The molecular weight excluding hydrogens is 620 g/mol. The number of para-hydroxylation sites is 1. The Bertz CT molecular complexity index is 1680. The summed E-state index contributed by atoms with van der Waals surface area (Å²) < 4.78 is 16.6. The highest BCUT2D eigenvalue weighted by molar-refractivity contribution is 5.98. The Balaban J connectivity index is 1.25. The van der Waals surface area contributed by atoms with E-state index in [1.54, 1.807) is 86.0 Å². The lowest BCUT2D eigenvalue weighted by atomic mass is 10.0. The van der Waals surface area contributed by atoms with Crippen LogP contribution in [-0.4, -0.2) is 43.3 Å². The number of esters is 1. The molecule has 4 aromatic carbocycles. The first-order valence-electron chi connectivity index (χ1n) is 16.6. The average Bonchev–Trinajstić information content (AvgIpc) is 3.11. The number of methoxy groups -OCH3 is 1. The van der Waals surface area contributed by atoms with Crippen LogP contribution in [0.15, 0.2) is 97.1 Å². The average molecular weight is 665 g/mol. The molecule has 0 heterocycles. The number of ketones is 1. The highest BCUT2D eigenvalue weighted by atomic mass is 16.5. The predicted octanol–water partition coefficient (Wildman–Crippen LogP) is 7.37. The van der Waals surface area contributed by atoms with Gasteiger partial charge in [0.25, 0.3) is 5.91 Å². The molecule has 4 aromatic rings. The molecule has 0 bridgehead atoms. The van der Waals surface area contributed by atoms with Gasteiger partial charge < -0.3 is 24.8 Å². The summed E-state index contributed by atoms with van der Waals surface area (Å²) >= 11 is 0. The van der Waals surface area contributed by atoms with Gasteiger partial charge in [0.15, 0.2) is 5.78 Å². The number of ether oxygens (including phenoxy) is 3. The van der Waals surface area contributed by atoms with Crippen molar-refractivity contribution in [2.45, 2.75) is 64.8 Å². The van der Waals surface area contributed by atoms with Gasteiger partial charge in [-0.15, -0.1) is 0 Å². The minimum absolute atomic E-state index is 0.138. The van der Waals surface area contributed by atoms with Crippen molar-refractivity contribution in [3.8, 4) is 17.2 Å². The van der Waals surface area contributed by atoms with Gasteiger partial charge in [-0.25, -0.2) is 4.79 Å². The van der Waals surface area contributed by atoms with Gasteiger partial charge in [-0.05, 0) is 92.1 Å². The van der Waals surface area contributed by atoms with Gasteiger partial charge in [-0.1, -0.05) is 62.9 Å². The first-order valence-corrected chi connectivity index (χ1v) is 16.6. The second-order valence-corrected chi connectivity index (χ2v) is 11.8. The van der Waals surface area contributed by atoms with Crippen molar-refractivity contribution in [1.82, 2.24) is 5.32 Å². The number of hydrogen-bond acceptors (Lipinski definition) is 7. The number of unbranched alkanes of at least 4 members (excludes halogenated alkanes) is 4. The van der Waals surface area contributed by atoms with Crippen LogP contribution in [0, 0.1) is 0 Å². The van der Waals surface area contributed by atoms with Crippen molar-refractivity contribution < 1.29 is 33.4 Å². The van der Waals surface area contributed by atoms with Crippen molar-refractivity contribution in [1.29, 1.82) is 0 Å². The SMILES string of the molecule is CCCCCCCOc1ccc(C(=O)Oc2ccc(C[C@H](NC(=O)c3ccc(NC(=O)Cc4ccccc4OC)cc3)C(C)=O)cc2)cc1. The van der Waals surface area contributed by atoms with E-state index >= 15 is 0 Å². The van der Waals surface area contributed by atoms with Crippen molar-refractivity contribution >= 4 is 29.3 Å². The first kappa shape index (κ1) is 36.4. The van der Waals surface area contributed by atoms with E-state index in [0.29, 0.717) is 40.7 Å². The number of carbonyl (C=O) groups is 4. The van der Waals surface area contributed by atoms with Gasteiger partial charge in [-0.2, -0.15) is 0 Å². The summed E-state index contributed by atoms with van der Waals surface area (Å²) in [6.45, 7) is 4.26. The van der Waals surface area contributed by atoms with Gasteiger partial charge in [0, 0.05) is 16.8 Å². The van der Waals surface area contributed by atoms with Crippen molar-refractivity contribution in [3.05, 3.63) is 119 Å². The fourth-order valence-electron chi connectivity index (χ4n) is 5.15. The number of anilines is 1. The second kappa shape index (κ2) is 18.8. The molecule has 2 N–H and O–H groups in total. The third kappa shape index (κ3) is 11.6. The third-order valence-electron chi connectivity index (χ3n) is 7.95. The topological polar surface area (TPSA) is 120 Å². The van der Waals surface area contributed by atoms with E-state index in [0.717, 1.165) is 24.0 Å². The van der Waals surface area contributed by atoms with E-state index in [4.69, 9.17) is 14.2 Å². The maximum absolute atomic E-state index is 13.0. The quantitative estimate of drug-likeness (QED) is 0.0647. The van der Waals surface area contributed by atoms with Gasteiger partial charge in [-0.3, -0.25) is 14.4 Å². The molecule has 0 aromatic heterocycles. The number of carbonyl (C=O) groups excluding carboxylic acids is 4. The van der Waals surface area contributed by atoms with Crippen LogP contribution in [0.2, 0.25) is 0 Å². The van der Waals surface area contributed by atoms with Gasteiger partial charge >= 0.3 is 5.97 Å². The van der Waals surface area contributed by atoms with E-state index in [1.165, 1.54) is 26.2 Å². The van der Waals surface area contributed by atoms with E-state index < -0.39 is 17.9 Å². The number of rotatable bonds is 18. The molecule has 0 saturated heterocycles. The minimum atomic E-state index is -0.766. The van der Waals surface area contributed by atoms with Crippen molar-refractivity contribution in [3.63, 3.8) is 0 Å². The van der Waals surface area contributed by atoms with Crippen LogP contribution in [0.25, 0.3) is 0 Å². The Hall–Kier alpha value is -5.44. The number of benzene rings is 4. The zero-order valence-electron chi connectivity index (χ0n) is 28.3. The molecule has 0 saturated carbocycles. The Morgan fingerprint density at radius 1 is 0.735 bits per heavy atom. The van der Waals surface area contributed by atoms with Crippen LogP contribution in [0.3, 0.4) is 0 Å². The molecule has 0 spiro atoms. The fraction of sp³-hybridized carbons (Fsp3) is 0.300. The number of Topliss-reactive ketones (excluding diaryl/α,β-unsaturated/α-hetero) is 1. The van der Waals surface area contributed by atoms with E-state index in [1.807, 2.05) is 18.2 Å². The molecule has 256 valence electrons. The molecule has 0 radical (unpaired) electrons. The van der Waals surface area contributed by atoms with Gasteiger partial charge in [0.1, 0.15) is 17.2 Å². The van der Waals surface area contributed by atoms with Crippen molar-refractivity contribution in [2.75, 3.05) is 19.0 Å². The lowest BCUT2D eigenvalue weighted by molar-refractivity contribution is -0.119. The molecule has 9 heteroatoms. The van der Waals surface area contributed by atoms with Gasteiger partial charge in [0.2, 0.25) is 5.91 Å². The minimum Gasteiger partial charge on any atom is -0.496 e. The largest absolute Gasteiger partial charge is 0.496 e. The Morgan fingerprint density at radius 3 is 2.06 bits per heavy atom. The molecular formula is C40H44N2O7. The Morgan fingerprint density at radius 2 is 1.39 bits per heavy atom. The summed E-state index contributed by atoms with van der Waals surface area (Å²) in [5.41, 5.74) is 2.83. The summed E-state index contributed by atoms with van der Waals surface area (Å²) in [4.78, 5) is 50.7. The zero-order valence-corrected chi connectivity index (χ0v) is 28.3. The molecule has 1 atom stereocenters. The monoisotopic (exact) mass is 664 g/mol. The fourth-order valence-corrected chi connectivity index (χ4v) is 5.15. The van der Waals surface area contributed by atoms with Crippen LogP contribution in [0.1, 0.15) is 77.8 Å². The lowest BCUT2D eigenvalue weighted by Crippen LogP contribution is -2.41. The van der Waals surface area contributed by atoms with Crippen LogP contribution >= 0.6 is 0 Å². The lowest BCUT2D eigenvalue weighted by Gasteiger charge is -2.17. The third-order valence-corrected chi connectivity index (χ3v) is 7.95. The standard InChI is InChI=1S/C40H44N2O7/c1-4-5-6-7-10-25-48-34-23-17-31(18-24-34)40(46)49-35-21-13-29(14-22-35)26-36(28(2)43)42-39(45)30-15-19-33(20-16-30)41-38(44)27-32-11-8-9-12-37(32)47-3/h8-9,11-24,36H,4-7,10,25-27H2,1-3H3,(H,41,44)(H,42,45)/t36-/m0/s1. The van der Waals surface area contributed by atoms with E-state index in [-0.39, 0.29) is 24.5 Å². The van der Waals surface area contributed by atoms with E-state index in [2.05, 4.69) is 17.6 Å². The maximum atomic E-state index is 13.0. The summed E-state index contributed by atoms with van der Waals surface area (Å²) in [6, 6.07) is 26.7. The molecule has 9 nitrogen and oxygen atoms in total. The summed E-state index contributed by atoms with van der Waals surface area (Å²) in [7, 11) is 1.56. The predicted molar refractivity (Wildman–Crippen MR) is 190 cm³/mol. The van der Waals surface area contributed by atoms with Crippen LogP contribution in [0.5, 0.6) is 17.2 Å². The molecule has 4 rings (SSSR count). The molecule has 0 aliphatic carbocycles. The van der Waals surface area contributed by atoms with Crippen molar-refractivity contribution in [2.24, 2.45) is 0 Å². The van der Waals surface area contributed by atoms with Crippen LogP contribution in [0.4, 0.5) is 5.69 Å². The normalized spacial score (nSPS) is 11.2. The molecule has 0 aliphatic rings. The van der Waals surface area contributed by atoms with Crippen LogP contribution < -0.4 is 24.8 Å². The molecule has 49 heavy (non-hydrogen) atoms. The second-order valence-electron chi connectivity index (χ2n) is 11.8. The van der Waals surface area contributed by atoms with Crippen LogP contribution in [-0.2, 0) is 22.4 Å². The highest BCUT2D eigenvalue weighted by Crippen LogP contribution is 2.20. The smallest absolute Gasteiger partial charge is 0.343 e. The summed E-state index contributed by atoms with van der Waals surface area (Å²) in [5, 5.41) is 5.62. The molecule has 0 fully saturated rings. The highest BCUT2D eigenvalue weighted by Gasteiger charge is 2.19. The molecule has 2 amide bonds. The number of amides is 2.